The Labute approximate surface area is 485 Å². The van der Waals surface area contributed by atoms with Crippen LogP contribution in [-0.4, -0.2) is 167 Å². The molecule has 0 saturated carbocycles. The van der Waals surface area contributed by atoms with Crippen LogP contribution >= 0.6 is 0 Å². The molecule has 7 unspecified atom stereocenters. The Morgan fingerprint density at radius 3 is 1.29 bits per heavy atom. The fourth-order valence-corrected chi connectivity index (χ4v) is 9.19. The molecule has 0 radical (unpaired) electrons. The van der Waals surface area contributed by atoms with Gasteiger partial charge < -0.3 is 93.7 Å². The number of carbonyl (C=O) groups is 8. The third kappa shape index (κ3) is 27.8. The van der Waals surface area contributed by atoms with E-state index in [-0.39, 0.29) is 127 Å². The van der Waals surface area contributed by atoms with Gasteiger partial charge in [0, 0.05) is 44.9 Å². The molecule has 0 bridgehead atoms. The molecule has 1 fully saturated rings. The minimum atomic E-state index is -1.38. The van der Waals surface area contributed by atoms with Crippen LogP contribution in [0, 0.1) is 5.92 Å². The van der Waals surface area contributed by atoms with Crippen LogP contribution in [0.2, 0.25) is 0 Å². The summed E-state index contributed by atoms with van der Waals surface area (Å²) in [5.74, 6) is -7.61. The number of fused-ring (bicyclic) bond motifs is 1. The first kappa shape index (κ1) is 68.9. The number of nitrogens with zero attached hydrogens (tertiary/aromatic N) is 4. The van der Waals surface area contributed by atoms with E-state index in [0.29, 0.717) is 44.3 Å². The second kappa shape index (κ2) is 38.4. The first-order chi connectivity index (χ1) is 39.7. The van der Waals surface area contributed by atoms with Crippen molar-refractivity contribution >= 4 is 81.7 Å². The van der Waals surface area contributed by atoms with E-state index < -0.39 is 95.8 Å². The lowest BCUT2D eigenvalue weighted by Gasteiger charge is -2.28. The number of hydrogen-bond donors (Lipinski definition) is 17. The number of benzene rings is 2. The third-order valence-corrected chi connectivity index (χ3v) is 13.6. The molecule has 29 nitrogen and oxygen atoms in total. The molecule has 29 heteroatoms. The number of unbranched alkanes of at least 4 members (excludes halogenated alkanes) is 2. The highest BCUT2D eigenvalue weighted by atomic mass is 16.2. The smallest absolute Gasteiger partial charge is 0.243 e. The quantitative estimate of drug-likeness (QED) is 0.0219. The summed E-state index contributed by atoms with van der Waals surface area (Å²) in [6.07, 6.45) is 2.61. The minimum Gasteiger partial charge on any atom is -0.370 e. The second-order valence-electron chi connectivity index (χ2n) is 20.4. The van der Waals surface area contributed by atoms with Gasteiger partial charge in [0.15, 0.2) is 29.6 Å². The van der Waals surface area contributed by atoms with Gasteiger partial charge in [-0.2, -0.15) is 0 Å². The summed E-state index contributed by atoms with van der Waals surface area (Å²) in [4.78, 5) is 132. The van der Waals surface area contributed by atoms with E-state index in [9.17, 15) is 38.4 Å². The lowest BCUT2D eigenvalue weighted by atomic mass is 9.91. The molecule has 3 rings (SSSR count). The van der Waals surface area contributed by atoms with Crippen LogP contribution in [0.5, 0.6) is 0 Å². The molecule has 7 atom stereocenters. The van der Waals surface area contributed by atoms with Gasteiger partial charge in [0.1, 0.15) is 30.2 Å². The van der Waals surface area contributed by atoms with E-state index in [4.69, 9.17) is 45.9 Å². The van der Waals surface area contributed by atoms with Crippen LogP contribution in [0.1, 0.15) is 102 Å². The number of rotatable bonds is 28. The average molecular weight is 1160 g/mol. The second-order valence-corrected chi connectivity index (χ2v) is 20.4. The molecular formula is C54H91N21O8. The van der Waals surface area contributed by atoms with E-state index in [2.05, 4.69) is 67.8 Å². The molecule has 460 valence electrons. The molecule has 0 aliphatic carbocycles. The summed E-state index contributed by atoms with van der Waals surface area (Å²) in [5, 5.41) is 27.2. The van der Waals surface area contributed by atoms with Gasteiger partial charge in [-0.1, -0.05) is 48.9 Å². The predicted octanol–water partition coefficient (Wildman–Crippen LogP) is -4.01. The number of nitrogens with one attached hydrogen (secondary N) is 9. The number of amides is 7. The van der Waals surface area contributed by atoms with Crippen molar-refractivity contribution in [1.82, 2.24) is 47.9 Å². The molecule has 25 N–H and O–H groups in total. The number of carbonyl (C=O) groups excluding carboxylic acids is 8. The molecule has 0 spiro atoms. The van der Waals surface area contributed by atoms with Crippen LogP contribution < -0.4 is 93.7 Å². The van der Waals surface area contributed by atoms with Crippen molar-refractivity contribution in [1.29, 1.82) is 0 Å². The predicted molar refractivity (Wildman–Crippen MR) is 321 cm³/mol. The van der Waals surface area contributed by atoms with Crippen LogP contribution in [0.15, 0.2) is 62.4 Å². The summed E-state index contributed by atoms with van der Waals surface area (Å²) in [6.45, 7) is 0.856. The first-order valence-electron chi connectivity index (χ1n) is 28.3. The Morgan fingerprint density at radius 1 is 0.446 bits per heavy atom. The highest BCUT2D eigenvalue weighted by Crippen LogP contribution is 2.20. The molecule has 1 heterocycles. The molecule has 2 aromatic carbocycles. The Balaban J connectivity index is 2.28. The summed E-state index contributed by atoms with van der Waals surface area (Å²) < 4.78 is 0. The molecule has 2 aromatic rings. The summed E-state index contributed by atoms with van der Waals surface area (Å²) in [5.41, 5.74) is 45.4. The fourth-order valence-electron chi connectivity index (χ4n) is 9.19. The summed E-state index contributed by atoms with van der Waals surface area (Å²) >= 11 is 0. The maximum absolute atomic E-state index is 15.0. The van der Waals surface area contributed by atoms with Gasteiger partial charge in [-0.25, -0.2) is 0 Å². The van der Waals surface area contributed by atoms with Crippen molar-refractivity contribution < 1.29 is 38.4 Å². The van der Waals surface area contributed by atoms with Gasteiger partial charge in [0.25, 0.3) is 0 Å². The highest BCUT2D eigenvalue weighted by molar-refractivity contribution is 5.99. The number of nitrogens with two attached hydrogens (primary N) is 8. The van der Waals surface area contributed by atoms with Gasteiger partial charge in [0.05, 0.1) is 12.6 Å². The van der Waals surface area contributed by atoms with Crippen molar-refractivity contribution in [3.8, 4) is 0 Å². The van der Waals surface area contributed by atoms with Gasteiger partial charge in [-0.05, 0) is 127 Å². The number of aliphatic imine (C=N–C) groups is 4. The molecular weight excluding hydrogens is 1070 g/mol. The number of Topliss-reactive ketones (excluding diaryl/α,β-unsaturated/α-hetero) is 1. The first-order valence-corrected chi connectivity index (χ1v) is 28.3. The summed E-state index contributed by atoms with van der Waals surface area (Å²) in [7, 11) is 3.54. The molecule has 7 amide bonds. The molecule has 83 heavy (non-hydrogen) atoms. The largest absolute Gasteiger partial charge is 0.370 e. The fraction of sp³-hybridized carbons (Fsp3) is 0.593. The lowest BCUT2D eigenvalue weighted by molar-refractivity contribution is -0.136. The standard InChI is InChI=1S/C54H91N21O8/c1-63-23-7-5-15-36-31-43(76)37(17-9-25-65-51(55)56)71-47(80)40(19-11-27-67-53(59)60)74-50(83)42(30-33-21-22-34-13-3-4-14-35(34)29-33)75-49(82)39(16-6-8-24-64-2)72-48(81)41(20-12-28-68-54(61)62)73-46(79)38(18-10-26-66-52(57)58)70-44(77)32-69-45(36)78/h3-4,13-14,21-22,29,36-42,63-64H,5-12,15-20,23-28,30-32H2,1-2H3,(H,69,78)(H,70,77)(H,71,80)(H,72,81)(H,73,79)(H,74,83)(H,75,82)(H4,55,56,65)(H4,57,58,66)(H4,59,60,67)(H4,61,62,68). The van der Waals surface area contributed by atoms with E-state index >= 15 is 0 Å². The SMILES string of the molecule is CNCCCCC1CC(=O)C(CCCN=C(N)N)NC(=O)C(CCCN=C(N)N)NC(=O)C(Cc2ccc3ccccc3c2)NC(=O)C(CCCCNC)NC(=O)C(CCCN=C(N)N)NC(=O)C(CCCN=C(N)N)NC(=O)CNC1=O. The van der Waals surface area contributed by atoms with Crippen molar-refractivity contribution in [2.75, 3.05) is 59.9 Å². The zero-order chi connectivity index (χ0) is 61.1. The van der Waals surface area contributed by atoms with Crippen molar-refractivity contribution in [3.63, 3.8) is 0 Å². The van der Waals surface area contributed by atoms with Crippen LogP contribution in [-0.2, 0) is 44.8 Å². The van der Waals surface area contributed by atoms with Gasteiger partial charge >= 0.3 is 0 Å². The van der Waals surface area contributed by atoms with Gasteiger partial charge in [-0.15, -0.1) is 0 Å². The Hall–Kier alpha value is -8.34. The molecule has 0 aromatic heterocycles. The summed E-state index contributed by atoms with van der Waals surface area (Å²) in [6, 6.07) is 5.24. The molecule has 1 aliphatic rings. The van der Waals surface area contributed by atoms with Crippen LogP contribution in [0.4, 0.5) is 0 Å². The van der Waals surface area contributed by atoms with E-state index in [0.717, 1.165) is 10.8 Å². The van der Waals surface area contributed by atoms with E-state index in [1.807, 2.05) is 42.5 Å². The van der Waals surface area contributed by atoms with Crippen LogP contribution in [0.3, 0.4) is 0 Å². The average Bonchev–Trinajstić information content (AvgIpc) is 3.65. The van der Waals surface area contributed by atoms with Crippen molar-refractivity contribution in [3.05, 3.63) is 48.0 Å². The van der Waals surface area contributed by atoms with Gasteiger partial charge in [0.2, 0.25) is 41.4 Å². The monoisotopic (exact) mass is 1160 g/mol. The highest BCUT2D eigenvalue weighted by Gasteiger charge is 2.35. The Morgan fingerprint density at radius 2 is 0.831 bits per heavy atom. The zero-order valence-corrected chi connectivity index (χ0v) is 48.0. The number of ketones is 1. The van der Waals surface area contributed by atoms with Crippen molar-refractivity contribution in [2.24, 2.45) is 71.8 Å². The number of hydrogen-bond acceptors (Lipinski definition) is 14. The van der Waals surface area contributed by atoms with Crippen molar-refractivity contribution in [2.45, 2.75) is 139 Å². The Bertz CT molecular complexity index is 2520. The minimum absolute atomic E-state index is 0.0123. The third-order valence-electron chi connectivity index (χ3n) is 13.6. The molecule has 1 aliphatic heterocycles. The van der Waals surface area contributed by atoms with Crippen LogP contribution in [0.25, 0.3) is 10.8 Å². The lowest BCUT2D eigenvalue weighted by Crippen LogP contribution is -2.60. The Kier molecular flexibility index (Phi) is 31.9. The normalized spacial score (nSPS) is 20.9. The maximum Gasteiger partial charge on any atom is 0.243 e. The zero-order valence-electron chi connectivity index (χ0n) is 48.0. The number of guanidine groups is 4. The maximum atomic E-state index is 15.0. The molecule has 1 saturated heterocycles. The van der Waals surface area contributed by atoms with E-state index in [1.165, 1.54) is 0 Å². The van der Waals surface area contributed by atoms with Gasteiger partial charge in [-0.3, -0.25) is 58.3 Å². The van der Waals surface area contributed by atoms with E-state index in [1.54, 1.807) is 14.1 Å². The topological polar surface area (TPSA) is 502 Å².